The van der Waals surface area contributed by atoms with Crippen molar-refractivity contribution in [2.45, 2.75) is 29.8 Å². The number of aromatic nitrogens is 1. The van der Waals surface area contributed by atoms with E-state index in [2.05, 4.69) is 10.3 Å². The number of fused-ring (bicyclic) bond motifs is 1. The van der Waals surface area contributed by atoms with Crippen LogP contribution in [0, 0.1) is 5.82 Å². The molecule has 1 aliphatic rings. The summed E-state index contributed by atoms with van der Waals surface area (Å²) in [6.45, 7) is 4.45. The highest BCUT2D eigenvalue weighted by Crippen LogP contribution is 2.37. The van der Waals surface area contributed by atoms with Gasteiger partial charge in [0.25, 0.3) is 0 Å². The number of nitrogens with zero attached hydrogens (tertiary/aromatic N) is 1. The Hall–Kier alpha value is -3.07. The molecule has 2 aromatic carbocycles. The van der Waals surface area contributed by atoms with Crippen molar-refractivity contribution in [3.8, 4) is 23.0 Å². The third kappa shape index (κ3) is 3.77. The molecular formula is C20H19FN2O5S. The van der Waals surface area contributed by atoms with E-state index in [0.29, 0.717) is 30.3 Å². The van der Waals surface area contributed by atoms with Crippen LogP contribution in [0.25, 0.3) is 11.5 Å². The van der Waals surface area contributed by atoms with E-state index in [0.717, 1.165) is 0 Å². The molecule has 0 fully saturated rings. The van der Waals surface area contributed by atoms with Crippen molar-refractivity contribution < 1.29 is 26.7 Å². The quantitative estimate of drug-likeness (QED) is 0.672. The van der Waals surface area contributed by atoms with E-state index in [1.165, 1.54) is 36.4 Å². The summed E-state index contributed by atoms with van der Waals surface area (Å²) in [5.41, 5.74) is 0.460. The first-order chi connectivity index (χ1) is 13.8. The molecule has 7 nitrogen and oxygen atoms in total. The molecule has 0 aliphatic carbocycles. The van der Waals surface area contributed by atoms with Crippen LogP contribution in [0.5, 0.6) is 11.5 Å². The van der Waals surface area contributed by atoms with Crippen LogP contribution < -0.4 is 14.8 Å². The maximum absolute atomic E-state index is 13.3. The van der Waals surface area contributed by atoms with Crippen LogP contribution in [0.4, 0.5) is 10.3 Å². The van der Waals surface area contributed by atoms with Gasteiger partial charge in [-0.3, -0.25) is 0 Å². The van der Waals surface area contributed by atoms with Gasteiger partial charge in [0.1, 0.15) is 19.0 Å². The number of oxazole rings is 1. The number of hydrogen-bond donors (Lipinski definition) is 1. The maximum Gasteiger partial charge on any atom is 0.234 e. The third-order valence-corrected chi connectivity index (χ3v) is 5.85. The van der Waals surface area contributed by atoms with Crippen molar-refractivity contribution in [1.82, 2.24) is 4.98 Å². The molecule has 9 heteroatoms. The molecule has 1 aromatic heterocycles. The van der Waals surface area contributed by atoms with Gasteiger partial charge >= 0.3 is 0 Å². The SMILES string of the molecule is CC(C)Nc1oc(-c2ccc(F)cc2)nc1S(=O)(=O)c1ccc2c(c1)OCCO2. The minimum atomic E-state index is -4.02. The minimum absolute atomic E-state index is 0.00696. The smallest absolute Gasteiger partial charge is 0.234 e. The van der Waals surface area contributed by atoms with E-state index in [1.54, 1.807) is 6.07 Å². The van der Waals surface area contributed by atoms with Gasteiger partial charge in [-0.25, -0.2) is 12.8 Å². The molecule has 1 aliphatic heterocycles. The molecule has 152 valence electrons. The summed E-state index contributed by atoms with van der Waals surface area (Å²) in [4.78, 5) is 4.22. The summed E-state index contributed by atoms with van der Waals surface area (Å²) in [5.74, 6) is 0.532. The number of hydrogen-bond acceptors (Lipinski definition) is 7. The van der Waals surface area contributed by atoms with Gasteiger partial charge < -0.3 is 19.2 Å². The highest BCUT2D eigenvalue weighted by atomic mass is 32.2. The fraction of sp³-hybridized carbons (Fsp3) is 0.250. The second-order valence-electron chi connectivity index (χ2n) is 6.77. The van der Waals surface area contributed by atoms with Gasteiger partial charge in [0.05, 0.1) is 4.90 Å². The van der Waals surface area contributed by atoms with E-state index in [9.17, 15) is 12.8 Å². The maximum atomic E-state index is 13.3. The molecule has 0 atom stereocenters. The average molecular weight is 418 g/mol. The highest BCUT2D eigenvalue weighted by molar-refractivity contribution is 7.91. The Balaban J connectivity index is 1.80. The van der Waals surface area contributed by atoms with Gasteiger partial charge in [0, 0.05) is 17.7 Å². The number of sulfone groups is 1. The van der Waals surface area contributed by atoms with Crippen LogP contribution >= 0.6 is 0 Å². The normalized spacial score (nSPS) is 13.5. The summed E-state index contributed by atoms with van der Waals surface area (Å²) < 4.78 is 56.5. The Labute approximate surface area is 167 Å². The van der Waals surface area contributed by atoms with E-state index in [-0.39, 0.29) is 27.7 Å². The van der Waals surface area contributed by atoms with Crippen molar-refractivity contribution in [2.24, 2.45) is 0 Å². The van der Waals surface area contributed by atoms with E-state index >= 15 is 0 Å². The topological polar surface area (TPSA) is 90.7 Å². The zero-order valence-corrected chi connectivity index (χ0v) is 16.6. The van der Waals surface area contributed by atoms with Crippen LogP contribution in [0.1, 0.15) is 13.8 Å². The predicted octanol–water partition coefficient (Wildman–Crippen LogP) is 3.91. The van der Waals surface area contributed by atoms with Crippen LogP contribution in [0.2, 0.25) is 0 Å². The van der Waals surface area contributed by atoms with Gasteiger partial charge in [0.2, 0.25) is 26.6 Å². The zero-order chi connectivity index (χ0) is 20.6. The number of benzene rings is 2. The Morgan fingerprint density at radius 1 is 1.03 bits per heavy atom. The van der Waals surface area contributed by atoms with E-state index in [4.69, 9.17) is 13.9 Å². The Bertz CT molecular complexity index is 1140. The average Bonchev–Trinajstić information content (AvgIpc) is 3.12. The van der Waals surface area contributed by atoms with Crippen molar-refractivity contribution in [3.05, 3.63) is 48.3 Å². The van der Waals surface area contributed by atoms with Crippen molar-refractivity contribution in [1.29, 1.82) is 0 Å². The molecule has 0 bridgehead atoms. The molecular weight excluding hydrogens is 399 g/mol. The summed E-state index contributed by atoms with van der Waals surface area (Å²) in [5, 5.41) is 2.73. The molecule has 0 amide bonds. The standard InChI is InChI=1S/C20H19FN2O5S/c1-12(2)22-19-20(23-18(28-19)13-3-5-14(21)6-4-13)29(24,25)15-7-8-16-17(11-15)27-10-9-26-16/h3-8,11-12,22H,9-10H2,1-2H3. The molecule has 0 radical (unpaired) electrons. The van der Waals surface area contributed by atoms with E-state index < -0.39 is 15.7 Å². The van der Waals surface area contributed by atoms with Crippen LogP contribution in [-0.4, -0.2) is 32.7 Å². The summed E-state index contributed by atoms with van der Waals surface area (Å²) in [6, 6.07) is 9.76. The van der Waals surface area contributed by atoms with Crippen LogP contribution in [0.15, 0.2) is 56.8 Å². The number of halogens is 1. The molecule has 0 unspecified atom stereocenters. The van der Waals surface area contributed by atoms with Gasteiger partial charge in [-0.1, -0.05) is 0 Å². The first kappa shape index (κ1) is 19.3. The van der Waals surface area contributed by atoms with Gasteiger partial charge in [0.15, 0.2) is 11.5 Å². The highest BCUT2D eigenvalue weighted by Gasteiger charge is 2.30. The van der Waals surface area contributed by atoms with Crippen molar-refractivity contribution >= 4 is 15.7 Å². The Kier molecular flexibility index (Phi) is 4.91. The second kappa shape index (κ2) is 7.40. The van der Waals surface area contributed by atoms with Crippen molar-refractivity contribution in [2.75, 3.05) is 18.5 Å². The number of ether oxygens (including phenoxy) is 2. The predicted molar refractivity (Wildman–Crippen MR) is 104 cm³/mol. The molecule has 1 N–H and O–H groups in total. The lowest BCUT2D eigenvalue weighted by atomic mass is 10.2. The lowest BCUT2D eigenvalue weighted by Gasteiger charge is -2.18. The molecule has 4 rings (SSSR count). The third-order valence-electron chi connectivity index (χ3n) is 4.19. The molecule has 0 spiro atoms. The van der Waals surface area contributed by atoms with Gasteiger partial charge in [-0.05, 0) is 50.2 Å². The zero-order valence-electron chi connectivity index (χ0n) is 15.8. The second-order valence-corrected chi connectivity index (χ2v) is 8.63. The molecule has 0 saturated carbocycles. The monoisotopic (exact) mass is 418 g/mol. The fourth-order valence-corrected chi connectivity index (χ4v) is 4.14. The number of rotatable bonds is 5. The summed E-state index contributed by atoms with van der Waals surface area (Å²) in [6.07, 6.45) is 0. The minimum Gasteiger partial charge on any atom is -0.486 e. The largest absolute Gasteiger partial charge is 0.486 e. The molecule has 3 aromatic rings. The lowest BCUT2D eigenvalue weighted by molar-refractivity contribution is 0.171. The van der Waals surface area contributed by atoms with Crippen molar-refractivity contribution in [3.63, 3.8) is 0 Å². The fourth-order valence-electron chi connectivity index (χ4n) is 2.86. The Morgan fingerprint density at radius 3 is 2.41 bits per heavy atom. The first-order valence-corrected chi connectivity index (χ1v) is 10.5. The summed E-state index contributed by atoms with van der Waals surface area (Å²) in [7, 11) is -4.02. The summed E-state index contributed by atoms with van der Waals surface area (Å²) >= 11 is 0. The lowest BCUT2D eigenvalue weighted by Crippen LogP contribution is -2.16. The number of anilines is 1. The molecule has 0 saturated heterocycles. The molecule has 29 heavy (non-hydrogen) atoms. The first-order valence-electron chi connectivity index (χ1n) is 9.02. The Morgan fingerprint density at radius 2 is 1.72 bits per heavy atom. The van der Waals surface area contributed by atoms with E-state index in [1.807, 2.05) is 13.8 Å². The van der Waals surface area contributed by atoms with Crippen LogP contribution in [0.3, 0.4) is 0 Å². The number of nitrogens with one attached hydrogen (secondary N) is 1. The van der Waals surface area contributed by atoms with Crippen LogP contribution in [-0.2, 0) is 9.84 Å². The van der Waals surface area contributed by atoms with Gasteiger partial charge in [-0.15, -0.1) is 0 Å². The molecule has 2 heterocycles. The van der Waals surface area contributed by atoms with Gasteiger partial charge in [-0.2, -0.15) is 4.98 Å².